The third-order valence-electron chi connectivity index (χ3n) is 3.42. The Bertz CT molecular complexity index is 610. The molecule has 0 unspecified atom stereocenters. The van der Waals surface area contributed by atoms with E-state index in [-0.39, 0.29) is 5.91 Å². The van der Waals surface area contributed by atoms with Crippen molar-refractivity contribution >= 4 is 16.8 Å². The lowest BCUT2D eigenvalue weighted by atomic mass is 10.1. The molecule has 0 aliphatic heterocycles. The second-order valence-corrected chi connectivity index (χ2v) is 4.71. The zero-order chi connectivity index (χ0) is 13.8. The molecule has 0 aliphatic rings. The molecule has 0 fully saturated rings. The third-order valence-corrected chi connectivity index (χ3v) is 3.42. The quantitative estimate of drug-likeness (QED) is 0.820. The van der Waals surface area contributed by atoms with Gasteiger partial charge in [-0.1, -0.05) is 24.3 Å². The fourth-order valence-corrected chi connectivity index (χ4v) is 2.55. The van der Waals surface area contributed by atoms with Crippen molar-refractivity contribution < 1.29 is 4.79 Å². The van der Waals surface area contributed by atoms with Crippen LogP contribution in [0.3, 0.4) is 0 Å². The van der Waals surface area contributed by atoms with E-state index >= 15 is 0 Å². The Kier molecular flexibility index (Phi) is 4.05. The van der Waals surface area contributed by atoms with Crippen LogP contribution in [0.2, 0.25) is 0 Å². The molecule has 3 heteroatoms. The number of nitrogens with zero attached hydrogens (tertiary/aromatic N) is 1. The van der Waals surface area contributed by atoms with Gasteiger partial charge in [-0.25, -0.2) is 0 Å². The van der Waals surface area contributed by atoms with Crippen LogP contribution in [0.25, 0.3) is 10.9 Å². The molecule has 0 aliphatic carbocycles. The van der Waals surface area contributed by atoms with Crippen molar-refractivity contribution in [2.45, 2.75) is 26.8 Å². The Morgan fingerprint density at radius 2 is 2.16 bits per heavy atom. The van der Waals surface area contributed by atoms with Gasteiger partial charge in [0.15, 0.2) is 0 Å². The number of rotatable bonds is 5. The number of aromatic nitrogens is 1. The number of allylic oxidation sites excluding steroid dienone is 1. The Labute approximate surface area is 113 Å². The topological polar surface area (TPSA) is 34.0 Å². The van der Waals surface area contributed by atoms with Gasteiger partial charge in [0.1, 0.15) is 0 Å². The van der Waals surface area contributed by atoms with Gasteiger partial charge in [-0.05, 0) is 25.0 Å². The molecule has 1 N–H and O–H groups in total. The lowest BCUT2D eigenvalue weighted by molar-refractivity contribution is -0.118. The fraction of sp³-hybridized carbons (Fsp3) is 0.312. The molecular weight excluding hydrogens is 236 g/mol. The van der Waals surface area contributed by atoms with E-state index < -0.39 is 0 Å². The number of para-hydroxylation sites is 1. The first-order chi connectivity index (χ1) is 9.15. The monoisotopic (exact) mass is 256 g/mol. The summed E-state index contributed by atoms with van der Waals surface area (Å²) in [5, 5.41) is 4.13. The lowest BCUT2D eigenvalue weighted by Crippen LogP contribution is -2.22. The maximum absolute atomic E-state index is 11.0. The molecule has 1 heterocycles. The summed E-state index contributed by atoms with van der Waals surface area (Å²) in [4.78, 5) is 11.0. The molecular formula is C16H20N2O. The largest absolute Gasteiger partial charge is 0.356 e. The first kappa shape index (κ1) is 13.4. The van der Waals surface area contributed by atoms with Crippen LogP contribution in [0.5, 0.6) is 0 Å². The Morgan fingerprint density at radius 1 is 1.42 bits per heavy atom. The molecule has 100 valence electrons. The Balaban J connectivity index is 2.39. The lowest BCUT2D eigenvalue weighted by Gasteiger charge is -2.06. The molecule has 0 bridgehead atoms. The van der Waals surface area contributed by atoms with Crippen LogP contribution < -0.4 is 5.32 Å². The van der Waals surface area contributed by atoms with E-state index in [9.17, 15) is 4.79 Å². The van der Waals surface area contributed by atoms with E-state index in [0.717, 1.165) is 13.0 Å². The zero-order valence-electron chi connectivity index (χ0n) is 11.6. The summed E-state index contributed by atoms with van der Waals surface area (Å²) in [5.41, 5.74) is 3.80. The van der Waals surface area contributed by atoms with Gasteiger partial charge in [0, 0.05) is 36.6 Å². The second kappa shape index (κ2) is 5.74. The van der Waals surface area contributed by atoms with Gasteiger partial charge in [0.05, 0.1) is 0 Å². The smallest absolute Gasteiger partial charge is 0.216 e. The van der Waals surface area contributed by atoms with Gasteiger partial charge in [-0.3, -0.25) is 4.79 Å². The molecule has 0 radical (unpaired) electrons. The highest BCUT2D eigenvalue weighted by Crippen LogP contribution is 2.26. The van der Waals surface area contributed by atoms with E-state index in [1.807, 2.05) is 6.08 Å². The molecule has 0 saturated heterocycles. The van der Waals surface area contributed by atoms with Crippen molar-refractivity contribution in [1.29, 1.82) is 0 Å². The number of carbonyl (C=O) groups is 1. The second-order valence-electron chi connectivity index (χ2n) is 4.71. The van der Waals surface area contributed by atoms with E-state index in [2.05, 4.69) is 47.7 Å². The molecule has 3 nitrogen and oxygen atoms in total. The van der Waals surface area contributed by atoms with Gasteiger partial charge in [0.25, 0.3) is 0 Å². The van der Waals surface area contributed by atoms with Crippen molar-refractivity contribution in [2.75, 3.05) is 6.54 Å². The number of fused-ring (bicyclic) bond motifs is 1. The minimum Gasteiger partial charge on any atom is -0.356 e. The van der Waals surface area contributed by atoms with Crippen molar-refractivity contribution in [3.05, 3.63) is 48.2 Å². The number of benzene rings is 1. The van der Waals surface area contributed by atoms with Crippen molar-refractivity contribution in [3.8, 4) is 0 Å². The average Bonchev–Trinajstić information content (AvgIpc) is 2.65. The summed E-state index contributed by atoms with van der Waals surface area (Å²) in [6, 6.07) is 8.39. The minimum atomic E-state index is 0.0208. The maximum atomic E-state index is 11.0. The standard InChI is InChI=1S/C16H20N2O/c1-4-11-18-12(2)14(9-10-17-13(3)19)15-7-5-6-8-16(15)18/h4-8H,1,9-11H2,2-3H3,(H,17,19). The van der Waals surface area contributed by atoms with Crippen molar-refractivity contribution in [1.82, 2.24) is 9.88 Å². The van der Waals surface area contributed by atoms with Gasteiger partial charge < -0.3 is 9.88 Å². The van der Waals surface area contributed by atoms with E-state index in [0.29, 0.717) is 6.54 Å². The Hall–Kier alpha value is -2.03. The molecule has 2 rings (SSSR count). The summed E-state index contributed by atoms with van der Waals surface area (Å²) < 4.78 is 2.27. The maximum Gasteiger partial charge on any atom is 0.216 e. The highest BCUT2D eigenvalue weighted by atomic mass is 16.1. The first-order valence-corrected chi connectivity index (χ1v) is 6.57. The number of amides is 1. The highest BCUT2D eigenvalue weighted by Gasteiger charge is 2.12. The van der Waals surface area contributed by atoms with Crippen molar-refractivity contribution in [2.24, 2.45) is 0 Å². The third kappa shape index (κ3) is 2.70. The summed E-state index contributed by atoms with van der Waals surface area (Å²) in [5.74, 6) is 0.0208. The van der Waals surface area contributed by atoms with Crippen LogP contribution in [0.15, 0.2) is 36.9 Å². The fourth-order valence-electron chi connectivity index (χ4n) is 2.55. The summed E-state index contributed by atoms with van der Waals surface area (Å²) in [6.45, 7) is 8.99. The first-order valence-electron chi connectivity index (χ1n) is 6.57. The average molecular weight is 256 g/mol. The SMILES string of the molecule is C=CCn1c(C)c(CCNC(C)=O)c2ccccc21. The summed E-state index contributed by atoms with van der Waals surface area (Å²) in [6.07, 6.45) is 2.77. The van der Waals surface area contributed by atoms with Crippen LogP contribution in [0.1, 0.15) is 18.2 Å². The van der Waals surface area contributed by atoms with Gasteiger partial charge >= 0.3 is 0 Å². The number of carbonyl (C=O) groups excluding carboxylic acids is 1. The zero-order valence-corrected chi connectivity index (χ0v) is 11.6. The van der Waals surface area contributed by atoms with Gasteiger partial charge in [-0.15, -0.1) is 6.58 Å². The van der Waals surface area contributed by atoms with Gasteiger partial charge in [-0.2, -0.15) is 0 Å². The predicted octanol–water partition coefficient (Wildman–Crippen LogP) is 2.81. The molecule has 19 heavy (non-hydrogen) atoms. The molecule has 0 saturated carbocycles. The van der Waals surface area contributed by atoms with E-state index in [4.69, 9.17) is 0 Å². The molecule has 0 spiro atoms. The molecule has 1 aromatic carbocycles. The van der Waals surface area contributed by atoms with E-state index in [1.54, 1.807) is 6.92 Å². The Morgan fingerprint density at radius 3 is 2.84 bits per heavy atom. The van der Waals surface area contributed by atoms with Crippen LogP contribution >= 0.6 is 0 Å². The van der Waals surface area contributed by atoms with Crippen molar-refractivity contribution in [3.63, 3.8) is 0 Å². The van der Waals surface area contributed by atoms with E-state index in [1.165, 1.54) is 22.2 Å². The van der Waals surface area contributed by atoms with Crippen LogP contribution in [-0.4, -0.2) is 17.0 Å². The summed E-state index contributed by atoms with van der Waals surface area (Å²) in [7, 11) is 0. The number of hydrogen-bond acceptors (Lipinski definition) is 1. The van der Waals surface area contributed by atoms with Crippen LogP contribution in [0, 0.1) is 6.92 Å². The minimum absolute atomic E-state index is 0.0208. The normalized spacial score (nSPS) is 10.6. The van der Waals surface area contributed by atoms with Crippen LogP contribution in [0.4, 0.5) is 0 Å². The molecule has 1 amide bonds. The number of hydrogen-bond donors (Lipinski definition) is 1. The summed E-state index contributed by atoms with van der Waals surface area (Å²) >= 11 is 0. The predicted molar refractivity (Wildman–Crippen MR) is 79.3 cm³/mol. The molecule has 0 atom stereocenters. The van der Waals surface area contributed by atoms with Gasteiger partial charge in [0.2, 0.25) is 5.91 Å². The molecule has 1 aromatic heterocycles. The molecule has 2 aromatic rings. The van der Waals surface area contributed by atoms with Crippen LogP contribution in [-0.2, 0) is 17.8 Å². The highest BCUT2D eigenvalue weighted by molar-refractivity contribution is 5.85. The number of nitrogens with one attached hydrogen (secondary N) is 1.